The van der Waals surface area contributed by atoms with Gasteiger partial charge in [0.05, 0.1) is 30.9 Å². The Morgan fingerprint density at radius 1 is 1.13 bits per heavy atom. The zero-order valence-corrected chi connectivity index (χ0v) is 16.7. The summed E-state index contributed by atoms with van der Waals surface area (Å²) in [5, 5.41) is 25.5. The Kier molecular flexibility index (Phi) is 5.54. The van der Waals surface area contributed by atoms with Crippen LogP contribution in [0.25, 0.3) is 16.8 Å². The van der Waals surface area contributed by atoms with E-state index in [0.717, 1.165) is 0 Å². The first-order chi connectivity index (χ1) is 15.0. The number of non-ortho nitro benzene ring substituents is 1. The van der Waals surface area contributed by atoms with E-state index in [2.05, 4.69) is 5.10 Å². The fraction of sp³-hybridized carbons (Fsp3) is 0.238. The van der Waals surface area contributed by atoms with Crippen LogP contribution in [0.2, 0.25) is 0 Å². The number of nitro benzene ring substituents is 1. The summed E-state index contributed by atoms with van der Waals surface area (Å²) in [5.41, 5.74) is 1.20. The Bertz CT molecular complexity index is 1170. The van der Waals surface area contributed by atoms with E-state index in [0.29, 0.717) is 48.9 Å². The predicted octanol–water partition coefficient (Wildman–Crippen LogP) is 2.36. The highest BCUT2D eigenvalue weighted by Crippen LogP contribution is 2.35. The molecule has 1 N–H and O–H groups in total. The normalized spacial score (nSPS) is 13.8. The lowest BCUT2D eigenvalue weighted by Gasteiger charge is -2.29. The molecule has 4 rings (SSSR count). The third-order valence-corrected chi connectivity index (χ3v) is 5.02. The lowest BCUT2D eigenvalue weighted by Crippen LogP contribution is -2.38. The van der Waals surface area contributed by atoms with Crippen molar-refractivity contribution in [2.24, 2.45) is 0 Å². The highest BCUT2D eigenvalue weighted by molar-refractivity contribution is 5.77. The topological polar surface area (TPSA) is 120 Å². The van der Waals surface area contributed by atoms with Crippen LogP contribution in [-0.2, 0) is 4.74 Å². The SMILES string of the molecule is COc1cc(-c2cc(=O)n(-c3ccc([N+](=O)[O-])cc3)nc2N2CCOCC2)ccc1O. The van der Waals surface area contributed by atoms with E-state index in [-0.39, 0.29) is 17.2 Å². The molecular weight excluding hydrogens is 404 g/mol. The molecule has 10 nitrogen and oxygen atoms in total. The van der Waals surface area contributed by atoms with Gasteiger partial charge in [-0.25, -0.2) is 0 Å². The number of phenolic OH excluding ortho intramolecular Hbond substituents is 1. The third kappa shape index (κ3) is 4.05. The van der Waals surface area contributed by atoms with Crippen LogP contribution in [0.4, 0.5) is 11.5 Å². The van der Waals surface area contributed by atoms with Crippen molar-refractivity contribution in [2.75, 3.05) is 38.3 Å². The van der Waals surface area contributed by atoms with Crippen LogP contribution in [0.15, 0.2) is 53.3 Å². The van der Waals surface area contributed by atoms with Crippen LogP contribution in [0.1, 0.15) is 0 Å². The minimum absolute atomic E-state index is 0.00801. The standard InChI is InChI=1S/C21H20N4O6/c1-30-19-12-14(2-7-18(19)26)17-13-20(27)24(15-3-5-16(6-4-15)25(28)29)22-21(17)23-8-10-31-11-9-23/h2-7,12-13,26H,8-11H2,1H3. The van der Waals surface area contributed by atoms with Crippen LogP contribution >= 0.6 is 0 Å². The molecule has 0 aliphatic carbocycles. The number of methoxy groups -OCH3 is 1. The number of nitrogens with zero attached hydrogens (tertiary/aromatic N) is 4. The summed E-state index contributed by atoms with van der Waals surface area (Å²) in [6.45, 7) is 2.23. The molecule has 1 aliphatic heterocycles. The van der Waals surface area contributed by atoms with Crippen LogP contribution in [-0.4, -0.2) is 53.2 Å². The van der Waals surface area contributed by atoms with Crippen molar-refractivity contribution in [3.05, 3.63) is 69.0 Å². The lowest BCUT2D eigenvalue weighted by atomic mass is 10.1. The van der Waals surface area contributed by atoms with Crippen molar-refractivity contribution < 1.29 is 19.5 Å². The van der Waals surface area contributed by atoms with Gasteiger partial charge in [0.15, 0.2) is 17.3 Å². The van der Waals surface area contributed by atoms with Gasteiger partial charge in [-0.15, -0.1) is 5.10 Å². The molecule has 1 fully saturated rings. The summed E-state index contributed by atoms with van der Waals surface area (Å²) in [6.07, 6.45) is 0. The molecule has 10 heteroatoms. The zero-order chi connectivity index (χ0) is 22.0. The first-order valence-electron chi connectivity index (χ1n) is 9.57. The second-order valence-electron chi connectivity index (χ2n) is 6.89. The number of morpholine rings is 1. The fourth-order valence-corrected chi connectivity index (χ4v) is 3.41. The Labute approximate surface area is 177 Å². The number of aromatic hydroxyl groups is 1. The summed E-state index contributed by atoms with van der Waals surface area (Å²) >= 11 is 0. The van der Waals surface area contributed by atoms with Gasteiger partial charge in [0.25, 0.3) is 11.2 Å². The molecule has 1 aromatic heterocycles. The number of nitro groups is 1. The van der Waals surface area contributed by atoms with Crippen LogP contribution in [0, 0.1) is 10.1 Å². The lowest BCUT2D eigenvalue weighted by molar-refractivity contribution is -0.384. The molecule has 0 unspecified atom stereocenters. The van der Waals surface area contributed by atoms with Gasteiger partial charge in [0.1, 0.15) is 0 Å². The molecule has 0 atom stereocenters. The average Bonchev–Trinajstić information content (AvgIpc) is 2.80. The average molecular weight is 424 g/mol. The molecule has 0 spiro atoms. The summed E-state index contributed by atoms with van der Waals surface area (Å²) in [7, 11) is 1.45. The van der Waals surface area contributed by atoms with Gasteiger partial charge < -0.3 is 19.5 Å². The molecule has 1 aliphatic rings. The molecule has 0 amide bonds. The maximum absolute atomic E-state index is 12.9. The number of ether oxygens (including phenoxy) is 2. The molecule has 0 saturated carbocycles. The van der Waals surface area contributed by atoms with Crippen LogP contribution in [0.5, 0.6) is 11.5 Å². The largest absolute Gasteiger partial charge is 0.504 e. The van der Waals surface area contributed by atoms with Gasteiger partial charge in [-0.1, -0.05) is 6.07 Å². The summed E-state index contributed by atoms with van der Waals surface area (Å²) in [5.74, 6) is 0.838. The molecule has 2 aromatic carbocycles. The maximum atomic E-state index is 12.9. The Balaban J connectivity index is 1.86. The van der Waals surface area contributed by atoms with Crippen molar-refractivity contribution in [3.63, 3.8) is 0 Å². The van der Waals surface area contributed by atoms with E-state index >= 15 is 0 Å². The van der Waals surface area contributed by atoms with E-state index in [4.69, 9.17) is 9.47 Å². The zero-order valence-electron chi connectivity index (χ0n) is 16.7. The first kappa shape index (κ1) is 20.4. The van der Waals surface area contributed by atoms with Gasteiger partial charge >= 0.3 is 0 Å². The molecule has 0 radical (unpaired) electrons. The number of aromatic nitrogens is 2. The molecular formula is C21H20N4O6. The number of hydrogen-bond donors (Lipinski definition) is 1. The van der Waals surface area contributed by atoms with Crippen molar-refractivity contribution in [1.82, 2.24) is 9.78 Å². The Hall–Kier alpha value is -3.92. The van der Waals surface area contributed by atoms with Crippen molar-refractivity contribution in [3.8, 4) is 28.3 Å². The Morgan fingerprint density at radius 3 is 2.48 bits per heavy atom. The summed E-state index contributed by atoms with van der Waals surface area (Å²) in [6, 6.07) is 11.9. The van der Waals surface area contributed by atoms with E-state index in [1.807, 2.05) is 4.90 Å². The molecule has 160 valence electrons. The minimum atomic E-state index is -0.500. The second kappa shape index (κ2) is 8.44. The molecule has 31 heavy (non-hydrogen) atoms. The quantitative estimate of drug-likeness (QED) is 0.490. The maximum Gasteiger partial charge on any atom is 0.272 e. The van der Waals surface area contributed by atoms with Gasteiger partial charge in [0.2, 0.25) is 0 Å². The Morgan fingerprint density at radius 2 is 1.84 bits per heavy atom. The minimum Gasteiger partial charge on any atom is -0.504 e. The van der Waals surface area contributed by atoms with E-state index in [1.165, 1.54) is 48.2 Å². The fourth-order valence-electron chi connectivity index (χ4n) is 3.41. The monoisotopic (exact) mass is 424 g/mol. The van der Waals surface area contributed by atoms with Crippen molar-refractivity contribution in [2.45, 2.75) is 0 Å². The van der Waals surface area contributed by atoms with Gasteiger partial charge in [-0.05, 0) is 29.8 Å². The number of rotatable bonds is 5. The van der Waals surface area contributed by atoms with Gasteiger partial charge in [-0.2, -0.15) is 4.68 Å². The van der Waals surface area contributed by atoms with Crippen molar-refractivity contribution >= 4 is 11.5 Å². The van der Waals surface area contributed by atoms with Gasteiger partial charge in [-0.3, -0.25) is 14.9 Å². The molecule has 2 heterocycles. The third-order valence-electron chi connectivity index (χ3n) is 5.02. The number of benzene rings is 2. The highest BCUT2D eigenvalue weighted by atomic mass is 16.6. The number of hydrogen-bond acceptors (Lipinski definition) is 8. The highest BCUT2D eigenvalue weighted by Gasteiger charge is 2.21. The number of phenols is 1. The van der Waals surface area contributed by atoms with E-state index in [1.54, 1.807) is 12.1 Å². The van der Waals surface area contributed by atoms with E-state index < -0.39 is 10.5 Å². The van der Waals surface area contributed by atoms with Crippen LogP contribution < -0.4 is 15.2 Å². The predicted molar refractivity (Wildman–Crippen MR) is 113 cm³/mol. The van der Waals surface area contributed by atoms with Crippen molar-refractivity contribution in [1.29, 1.82) is 0 Å². The first-order valence-corrected chi connectivity index (χ1v) is 9.57. The number of anilines is 1. The molecule has 0 bridgehead atoms. The smallest absolute Gasteiger partial charge is 0.272 e. The van der Waals surface area contributed by atoms with Gasteiger partial charge in [0, 0.05) is 36.9 Å². The molecule has 3 aromatic rings. The summed E-state index contributed by atoms with van der Waals surface area (Å²) < 4.78 is 11.9. The second-order valence-corrected chi connectivity index (χ2v) is 6.89. The molecule has 1 saturated heterocycles. The van der Waals surface area contributed by atoms with Crippen LogP contribution in [0.3, 0.4) is 0 Å². The van der Waals surface area contributed by atoms with E-state index in [9.17, 15) is 20.0 Å². The summed E-state index contributed by atoms with van der Waals surface area (Å²) in [4.78, 5) is 25.4.